The number of anilines is 3. The summed E-state index contributed by atoms with van der Waals surface area (Å²) in [6, 6.07) is 2.51. The van der Waals surface area contributed by atoms with Crippen LogP contribution in [0, 0.1) is 11.6 Å². The van der Waals surface area contributed by atoms with Crippen LogP contribution in [-0.2, 0) is 10.9 Å². The maximum Gasteiger partial charge on any atom is 0.417 e. The number of hydrogen-bond acceptors (Lipinski definition) is 8. The van der Waals surface area contributed by atoms with Crippen molar-refractivity contribution in [2.45, 2.75) is 58.2 Å². The number of alkyl halides is 3. The molecule has 242 valence electrons. The topological polar surface area (TPSA) is 107 Å². The number of nitrogens with zero attached hydrogens (tertiary/aromatic N) is 5. The number of carbonyl (C=O) groups excluding carboxylic acids is 1. The smallest absolute Gasteiger partial charge is 0.372 e. The van der Waals surface area contributed by atoms with Crippen LogP contribution >= 0.6 is 0 Å². The SMILES string of the molecule is CC1CN(c2nccc(-c3c(F)cc(N4CC(C)N(C)C(C)C4)c(NC(=O)c4c[nH]c(=O)cc4C(F)(F)F)c3F)n2)CC(C)O1. The largest absolute Gasteiger partial charge is 0.417 e. The fraction of sp³-hybridized carbons (Fsp3) is 0.467. The van der Waals surface area contributed by atoms with Gasteiger partial charge in [0, 0.05) is 62.8 Å². The molecule has 1 aromatic carbocycles. The number of rotatable bonds is 5. The minimum Gasteiger partial charge on any atom is -0.372 e. The summed E-state index contributed by atoms with van der Waals surface area (Å²) < 4.78 is 79.7. The summed E-state index contributed by atoms with van der Waals surface area (Å²) >= 11 is 0. The van der Waals surface area contributed by atoms with Gasteiger partial charge in [0.2, 0.25) is 11.5 Å². The molecular weight excluding hydrogens is 601 g/mol. The lowest BCUT2D eigenvalue weighted by Crippen LogP contribution is -2.55. The number of aromatic nitrogens is 3. The van der Waals surface area contributed by atoms with Crippen molar-refractivity contribution >= 4 is 23.2 Å². The number of amides is 1. The van der Waals surface area contributed by atoms with Crippen molar-refractivity contribution in [3.63, 3.8) is 0 Å². The molecule has 45 heavy (non-hydrogen) atoms. The summed E-state index contributed by atoms with van der Waals surface area (Å²) in [4.78, 5) is 41.4. The van der Waals surface area contributed by atoms with Gasteiger partial charge in [-0.3, -0.25) is 14.5 Å². The van der Waals surface area contributed by atoms with Crippen LogP contribution in [-0.4, -0.2) is 83.3 Å². The third kappa shape index (κ3) is 6.64. The molecule has 0 radical (unpaired) electrons. The van der Waals surface area contributed by atoms with Crippen molar-refractivity contribution in [2.75, 3.05) is 48.3 Å². The van der Waals surface area contributed by atoms with Crippen LogP contribution < -0.4 is 20.7 Å². The Morgan fingerprint density at radius 2 is 1.67 bits per heavy atom. The first-order valence-electron chi connectivity index (χ1n) is 14.5. The predicted octanol–water partition coefficient (Wildman–Crippen LogP) is 4.52. The van der Waals surface area contributed by atoms with E-state index < -0.39 is 51.7 Å². The van der Waals surface area contributed by atoms with Crippen LogP contribution in [0.3, 0.4) is 0 Å². The molecule has 2 fully saturated rings. The molecule has 10 nitrogen and oxygen atoms in total. The zero-order valence-corrected chi connectivity index (χ0v) is 25.4. The zero-order valence-electron chi connectivity index (χ0n) is 25.4. The van der Waals surface area contributed by atoms with Crippen molar-refractivity contribution in [3.8, 4) is 11.3 Å². The Morgan fingerprint density at radius 1 is 1.02 bits per heavy atom. The van der Waals surface area contributed by atoms with Gasteiger partial charge in [-0.15, -0.1) is 0 Å². The van der Waals surface area contributed by atoms with Crippen molar-refractivity contribution in [1.29, 1.82) is 0 Å². The second kappa shape index (κ2) is 12.4. The summed E-state index contributed by atoms with van der Waals surface area (Å²) in [6.07, 6.45) is -3.36. The molecule has 5 rings (SSSR count). The molecule has 2 aromatic heterocycles. The second-order valence-corrected chi connectivity index (χ2v) is 11.7. The van der Waals surface area contributed by atoms with E-state index in [1.54, 1.807) is 4.90 Å². The van der Waals surface area contributed by atoms with Crippen LogP contribution in [0.2, 0.25) is 0 Å². The first-order chi connectivity index (χ1) is 21.1. The maximum atomic E-state index is 16.6. The quantitative estimate of drug-likeness (QED) is 0.395. The van der Waals surface area contributed by atoms with Gasteiger partial charge in [-0.05, 0) is 40.8 Å². The molecule has 0 bridgehead atoms. The standard InChI is InChI=1S/C30H34F5N7O3/c1-15-11-41(12-16(2)40(15)5)23-9-21(31)25(22-6-7-36-29(38-22)42-13-17(3)45-18(4)14-42)26(32)27(23)39-28(44)19-10-37-24(43)8-20(19)30(33,34)35/h6-10,15-18H,11-14H2,1-5H3,(H,37,43)(H,39,44). The van der Waals surface area contributed by atoms with E-state index in [0.29, 0.717) is 32.4 Å². The number of hydrogen-bond donors (Lipinski definition) is 2. The number of nitrogens with one attached hydrogen (secondary N) is 2. The fourth-order valence-corrected chi connectivity index (χ4v) is 5.87. The molecule has 1 amide bonds. The maximum absolute atomic E-state index is 16.6. The van der Waals surface area contributed by atoms with Crippen LogP contribution in [0.5, 0.6) is 0 Å². The van der Waals surface area contributed by atoms with Crippen LogP contribution in [0.15, 0.2) is 35.4 Å². The molecule has 2 saturated heterocycles. The lowest BCUT2D eigenvalue weighted by molar-refractivity contribution is -0.138. The minimum atomic E-state index is -5.05. The van der Waals surface area contributed by atoms with E-state index in [4.69, 9.17) is 4.74 Å². The van der Waals surface area contributed by atoms with Crippen molar-refractivity contribution in [3.05, 3.63) is 63.7 Å². The molecular formula is C30H34F5N7O3. The Morgan fingerprint density at radius 3 is 2.29 bits per heavy atom. The van der Waals surface area contributed by atoms with Crippen molar-refractivity contribution in [2.24, 2.45) is 0 Å². The van der Waals surface area contributed by atoms with Gasteiger partial charge in [0.05, 0.1) is 40.3 Å². The van der Waals surface area contributed by atoms with Gasteiger partial charge >= 0.3 is 6.18 Å². The molecule has 15 heteroatoms. The molecule has 4 atom stereocenters. The Hall–Kier alpha value is -4.11. The highest BCUT2D eigenvalue weighted by molar-refractivity contribution is 6.07. The number of ether oxygens (including phenoxy) is 1. The van der Waals surface area contributed by atoms with Gasteiger partial charge in [0.1, 0.15) is 11.5 Å². The summed E-state index contributed by atoms with van der Waals surface area (Å²) in [5, 5.41) is 2.26. The number of aromatic amines is 1. The molecule has 2 N–H and O–H groups in total. The monoisotopic (exact) mass is 635 g/mol. The van der Waals surface area contributed by atoms with E-state index in [1.807, 2.05) is 39.6 Å². The Labute approximate surface area is 256 Å². The highest BCUT2D eigenvalue weighted by atomic mass is 19.4. The van der Waals surface area contributed by atoms with Gasteiger partial charge in [-0.25, -0.2) is 18.7 Å². The summed E-state index contributed by atoms with van der Waals surface area (Å²) in [5.74, 6) is -3.32. The van der Waals surface area contributed by atoms with E-state index in [2.05, 4.69) is 25.2 Å². The summed E-state index contributed by atoms with van der Waals surface area (Å²) in [6.45, 7) is 9.14. The highest BCUT2D eigenvalue weighted by Gasteiger charge is 2.37. The van der Waals surface area contributed by atoms with Gasteiger partial charge in [-0.1, -0.05) is 0 Å². The Bertz CT molecular complexity index is 1630. The van der Waals surface area contributed by atoms with Crippen molar-refractivity contribution in [1.82, 2.24) is 19.9 Å². The number of benzene rings is 1. The summed E-state index contributed by atoms with van der Waals surface area (Å²) in [5.41, 5.74) is -4.77. The van der Waals surface area contributed by atoms with E-state index in [0.717, 1.165) is 6.07 Å². The first-order valence-corrected chi connectivity index (χ1v) is 14.5. The lowest BCUT2D eigenvalue weighted by atomic mass is 10.0. The molecule has 0 saturated carbocycles. The minimum absolute atomic E-state index is 0.0445. The van der Waals surface area contributed by atoms with Crippen molar-refractivity contribution < 1.29 is 31.5 Å². The Balaban J connectivity index is 1.62. The van der Waals surface area contributed by atoms with Crippen LogP contribution in [0.1, 0.15) is 43.6 Å². The number of morpholine rings is 1. The second-order valence-electron chi connectivity index (χ2n) is 11.7. The van der Waals surface area contributed by atoms with Gasteiger partial charge < -0.3 is 24.8 Å². The molecule has 3 aromatic rings. The van der Waals surface area contributed by atoms with Crippen LogP contribution in [0.4, 0.5) is 39.3 Å². The van der Waals surface area contributed by atoms with E-state index in [1.165, 1.54) is 12.3 Å². The average Bonchev–Trinajstić information content (AvgIpc) is 2.96. The fourth-order valence-electron chi connectivity index (χ4n) is 5.87. The molecule has 4 heterocycles. The number of pyridine rings is 1. The van der Waals surface area contributed by atoms with Gasteiger partial charge in [-0.2, -0.15) is 13.2 Å². The van der Waals surface area contributed by atoms with E-state index in [-0.39, 0.29) is 47.7 Å². The third-order valence-electron chi connectivity index (χ3n) is 8.21. The number of H-pyrrole nitrogens is 1. The van der Waals surface area contributed by atoms with Crippen LogP contribution in [0.25, 0.3) is 11.3 Å². The first kappa shape index (κ1) is 32.3. The number of piperazine rings is 1. The normalized spacial score (nSPS) is 22.9. The molecule has 0 aliphatic carbocycles. The average molecular weight is 636 g/mol. The number of likely N-dealkylation sites (N-methyl/N-ethyl adjacent to an activating group) is 1. The molecule has 2 aliphatic heterocycles. The van der Waals surface area contributed by atoms with E-state index in [9.17, 15) is 22.8 Å². The summed E-state index contributed by atoms with van der Waals surface area (Å²) in [7, 11) is 1.91. The molecule has 0 spiro atoms. The lowest BCUT2D eigenvalue weighted by Gasteiger charge is -2.44. The van der Waals surface area contributed by atoms with Gasteiger partial charge in [0.25, 0.3) is 5.91 Å². The predicted molar refractivity (Wildman–Crippen MR) is 159 cm³/mol. The number of halogens is 5. The Kier molecular flexibility index (Phi) is 8.86. The highest BCUT2D eigenvalue weighted by Crippen LogP contribution is 2.40. The third-order valence-corrected chi connectivity index (χ3v) is 8.21. The number of carbonyl (C=O) groups is 1. The zero-order chi connectivity index (χ0) is 32.8. The van der Waals surface area contributed by atoms with Gasteiger partial charge in [0.15, 0.2) is 5.82 Å². The molecule has 4 unspecified atom stereocenters. The molecule has 2 aliphatic rings. The van der Waals surface area contributed by atoms with E-state index >= 15 is 8.78 Å².